The molecule has 0 amide bonds. The number of nitrogens with two attached hydrogens (primary N) is 1. The maximum atomic E-state index is 6.20. The van der Waals surface area contributed by atoms with Crippen molar-refractivity contribution in [1.29, 1.82) is 0 Å². The first kappa shape index (κ1) is 17.0. The van der Waals surface area contributed by atoms with Gasteiger partial charge in [0, 0.05) is 26.2 Å². The summed E-state index contributed by atoms with van der Waals surface area (Å²) in [6.45, 7) is 3.90. The smallest absolute Gasteiger partial charge is 0.264 e. The summed E-state index contributed by atoms with van der Waals surface area (Å²) in [6.07, 6.45) is 7.23. The van der Waals surface area contributed by atoms with Crippen molar-refractivity contribution in [3.63, 3.8) is 0 Å². The fraction of sp³-hybridized carbons (Fsp3) is 0.556. The normalized spacial score (nSPS) is 19.2. The third kappa shape index (κ3) is 4.38. The molecule has 0 spiro atoms. The van der Waals surface area contributed by atoms with Crippen LogP contribution in [0.1, 0.15) is 38.5 Å². The molecule has 3 rings (SSSR count). The molecule has 2 saturated heterocycles. The molecule has 0 unspecified atom stereocenters. The van der Waals surface area contributed by atoms with Crippen LogP contribution in [0.4, 0.5) is 5.69 Å². The van der Waals surface area contributed by atoms with Crippen LogP contribution < -0.4 is 10.5 Å². The van der Waals surface area contributed by atoms with Crippen LogP contribution >= 0.6 is 12.2 Å². The standard InChI is InChI=1S/C18H26N4OS/c19-17(21-11-5-1-6-12-21)20-15-9-3-4-10-16(15)23-18(24)22-13-7-2-8-14-22/h3-4,9-10H,1-2,5-8,11-14H2,(H2,19,20). The number of likely N-dealkylation sites (tertiary alicyclic amines) is 2. The number of ether oxygens (including phenoxy) is 1. The second kappa shape index (κ2) is 8.33. The number of benzene rings is 1. The molecule has 0 radical (unpaired) electrons. The molecule has 0 saturated carbocycles. The Morgan fingerprint density at radius 2 is 1.50 bits per heavy atom. The number of guanidine groups is 1. The number of piperidine rings is 2. The predicted molar refractivity (Wildman–Crippen MR) is 102 cm³/mol. The van der Waals surface area contributed by atoms with Crippen LogP contribution in [0.3, 0.4) is 0 Å². The first-order valence-corrected chi connectivity index (χ1v) is 9.30. The van der Waals surface area contributed by atoms with Crippen molar-refractivity contribution in [2.24, 2.45) is 10.7 Å². The van der Waals surface area contributed by atoms with Crippen LogP contribution in [0.2, 0.25) is 0 Å². The third-order valence-corrected chi connectivity index (χ3v) is 4.93. The lowest BCUT2D eigenvalue weighted by Gasteiger charge is -2.29. The van der Waals surface area contributed by atoms with E-state index >= 15 is 0 Å². The summed E-state index contributed by atoms with van der Waals surface area (Å²) in [5, 5.41) is 0.536. The molecule has 0 bridgehead atoms. The zero-order valence-electron chi connectivity index (χ0n) is 14.1. The Kier molecular flexibility index (Phi) is 5.91. The number of hydrogen-bond acceptors (Lipinski definition) is 3. The van der Waals surface area contributed by atoms with E-state index in [1.54, 1.807) is 0 Å². The van der Waals surface area contributed by atoms with Crippen molar-refractivity contribution >= 4 is 29.0 Å². The summed E-state index contributed by atoms with van der Waals surface area (Å²) < 4.78 is 5.95. The average Bonchev–Trinajstić information content (AvgIpc) is 2.64. The average molecular weight is 347 g/mol. The van der Waals surface area contributed by atoms with E-state index in [0.717, 1.165) is 31.9 Å². The molecule has 1 aromatic carbocycles. The second-order valence-electron chi connectivity index (χ2n) is 6.40. The van der Waals surface area contributed by atoms with Gasteiger partial charge in [0.25, 0.3) is 5.17 Å². The van der Waals surface area contributed by atoms with Gasteiger partial charge in [0.15, 0.2) is 11.7 Å². The zero-order valence-corrected chi connectivity index (χ0v) is 14.9. The zero-order chi connectivity index (χ0) is 16.8. The number of nitrogens with zero attached hydrogens (tertiary/aromatic N) is 3. The van der Waals surface area contributed by atoms with E-state index in [-0.39, 0.29) is 0 Å². The molecule has 24 heavy (non-hydrogen) atoms. The maximum absolute atomic E-state index is 6.20. The van der Waals surface area contributed by atoms with Gasteiger partial charge in [0.2, 0.25) is 0 Å². The highest BCUT2D eigenvalue weighted by molar-refractivity contribution is 7.80. The highest BCUT2D eigenvalue weighted by atomic mass is 32.1. The third-order valence-electron chi connectivity index (χ3n) is 4.59. The van der Waals surface area contributed by atoms with Crippen LogP contribution in [-0.4, -0.2) is 47.1 Å². The highest BCUT2D eigenvalue weighted by Gasteiger charge is 2.17. The number of rotatable bonds is 2. The van der Waals surface area contributed by atoms with Gasteiger partial charge in [-0.3, -0.25) is 0 Å². The first-order valence-electron chi connectivity index (χ1n) is 8.89. The van der Waals surface area contributed by atoms with Gasteiger partial charge < -0.3 is 20.3 Å². The largest absolute Gasteiger partial charge is 0.429 e. The van der Waals surface area contributed by atoms with E-state index in [1.165, 1.54) is 38.5 Å². The lowest BCUT2D eigenvalue weighted by atomic mass is 10.1. The highest BCUT2D eigenvalue weighted by Crippen LogP contribution is 2.28. The lowest BCUT2D eigenvalue weighted by Crippen LogP contribution is -2.40. The minimum Gasteiger partial charge on any atom is -0.429 e. The Labute approximate surface area is 149 Å². The lowest BCUT2D eigenvalue weighted by molar-refractivity contribution is 0.300. The molecule has 2 N–H and O–H groups in total. The van der Waals surface area contributed by atoms with E-state index in [2.05, 4.69) is 14.8 Å². The molecular weight excluding hydrogens is 320 g/mol. The summed E-state index contributed by atoms with van der Waals surface area (Å²) in [4.78, 5) is 8.87. The van der Waals surface area contributed by atoms with E-state index in [4.69, 9.17) is 22.7 Å². The monoisotopic (exact) mass is 346 g/mol. The van der Waals surface area contributed by atoms with Crippen molar-refractivity contribution in [3.8, 4) is 5.75 Å². The van der Waals surface area contributed by atoms with E-state index in [0.29, 0.717) is 16.9 Å². The summed E-state index contributed by atoms with van der Waals surface area (Å²) in [5.74, 6) is 1.24. The van der Waals surface area contributed by atoms with Crippen molar-refractivity contribution in [2.45, 2.75) is 38.5 Å². The Hall–Kier alpha value is -1.82. The molecule has 0 aliphatic carbocycles. The van der Waals surface area contributed by atoms with Gasteiger partial charge in [-0.2, -0.15) is 0 Å². The molecule has 5 nitrogen and oxygen atoms in total. The van der Waals surface area contributed by atoms with Crippen molar-refractivity contribution in [2.75, 3.05) is 26.2 Å². The van der Waals surface area contributed by atoms with Crippen molar-refractivity contribution < 1.29 is 4.74 Å². The van der Waals surface area contributed by atoms with E-state index in [1.807, 2.05) is 24.3 Å². The molecule has 2 fully saturated rings. The first-order chi connectivity index (χ1) is 11.7. The van der Waals surface area contributed by atoms with Crippen LogP contribution in [-0.2, 0) is 0 Å². The SMILES string of the molecule is NC(=Nc1ccccc1OC(=S)N1CCCCC1)N1CCCCC1. The summed E-state index contributed by atoms with van der Waals surface area (Å²) >= 11 is 5.47. The number of aliphatic imine (C=N–C) groups is 1. The fourth-order valence-electron chi connectivity index (χ4n) is 3.19. The Morgan fingerprint density at radius 1 is 0.917 bits per heavy atom. The quantitative estimate of drug-likeness (QED) is 0.506. The van der Waals surface area contributed by atoms with Crippen LogP contribution in [0.5, 0.6) is 5.75 Å². The van der Waals surface area contributed by atoms with Gasteiger partial charge in [-0.1, -0.05) is 12.1 Å². The Bertz CT molecular complexity index is 592. The minimum atomic E-state index is 0.536. The Morgan fingerprint density at radius 3 is 2.17 bits per heavy atom. The second-order valence-corrected chi connectivity index (χ2v) is 6.75. The molecule has 130 valence electrons. The van der Waals surface area contributed by atoms with Crippen molar-refractivity contribution in [1.82, 2.24) is 9.80 Å². The number of thiocarbonyl (C=S) groups is 1. The van der Waals surface area contributed by atoms with E-state index < -0.39 is 0 Å². The molecular formula is C18H26N4OS. The predicted octanol–water partition coefficient (Wildman–Crippen LogP) is 3.27. The summed E-state index contributed by atoms with van der Waals surface area (Å²) in [5.41, 5.74) is 6.94. The minimum absolute atomic E-state index is 0.536. The summed E-state index contributed by atoms with van der Waals surface area (Å²) in [6, 6.07) is 7.70. The molecule has 2 aliphatic rings. The van der Waals surface area contributed by atoms with Gasteiger partial charge in [0.05, 0.1) is 0 Å². The molecule has 6 heteroatoms. The molecule has 0 aromatic heterocycles. The van der Waals surface area contributed by atoms with E-state index in [9.17, 15) is 0 Å². The molecule has 1 aromatic rings. The maximum Gasteiger partial charge on any atom is 0.264 e. The van der Waals surface area contributed by atoms with Gasteiger partial charge in [0.1, 0.15) is 5.69 Å². The summed E-state index contributed by atoms with van der Waals surface area (Å²) in [7, 11) is 0. The van der Waals surface area contributed by atoms with Crippen LogP contribution in [0.25, 0.3) is 0 Å². The number of hydrogen-bond donors (Lipinski definition) is 1. The van der Waals surface area contributed by atoms with Gasteiger partial charge in [-0.25, -0.2) is 4.99 Å². The molecule has 2 aliphatic heterocycles. The van der Waals surface area contributed by atoms with Crippen LogP contribution in [0, 0.1) is 0 Å². The number of para-hydroxylation sites is 2. The van der Waals surface area contributed by atoms with Gasteiger partial charge in [-0.15, -0.1) is 0 Å². The van der Waals surface area contributed by atoms with Gasteiger partial charge in [-0.05, 0) is 62.9 Å². The molecule has 2 heterocycles. The topological polar surface area (TPSA) is 54.1 Å². The Balaban J connectivity index is 1.71. The van der Waals surface area contributed by atoms with Gasteiger partial charge >= 0.3 is 0 Å². The fourth-order valence-corrected chi connectivity index (χ4v) is 3.46. The molecule has 0 atom stereocenters. The van der Waals surface area contributed by atoms with Crippen LogP contribution in [0.15, 0.2) is 29.3 Å². The van der Waals surface area contributed by atoms with Crippen molar-refractivity contribution in [3.05, 3.63) is 24.3 Å².